The molecule has 0 aliphatic carbocycles. The van der Waals surface area contributed by atoms with Gasteiger partial charge in [0, 0.05) is 29.5 Å². The predicted octanol–water partition coefficient (Wildman–Crippen LogP) is 1.44. The van der Waals surface area contributed by atoms with Gasteiger partial charge in [0.05, 0.1) is 33.4 Å². The van der Waals surface area contributed by atoms with Crippen molar-refractivity contribution in [2.75, 3.05) is 32.6 Å². The summed E-state index contributed by atoms with van der Waals surface area (Å²) >= 11 is 0. The standard InChI is InChI=1S/C23H26N2O3.HI/c1-25(2,20-11-13-27-14-12-20)16-17-7-9-19(10-8-17)24-23(26)22-15-18-5-3-4-6-21(18)28-22;/h3-10,15,20H,11-14,16H2,1-2H3;1H. The number of anilines is 1. The number of ether oxygens (including phenoxy) is 1. The van der Waals surface area contributed by atoms with E-state index < -0.39 is 0 Å². The third-order valence-corrected chi connectivity index (χ3v) is 5.63. The van der Waals surface area contributed by atoms with Crippen molar-refractivity contribution in [1.29, 1.82) is 0 Å². The maximum absolute atomic E-state index is 12.5. The third kappa shape index (κ3) is 5.18. The van der Waals surface area contributed by atoms with Crippen LogP contribution in [0.15, 0.2) is 59.0 Å². The summed E-state index contributed by atoms with van der Waals surface area (Å²) in [4.78, 5) is 12.5. The average molecular weight is 506 g/mol. The van der Waals surface area contributed by atoms with Crippen molar-refractivity contribution in [2.24, 2.45) is 0 Å². The van der Waals surface area contributed by atoms with E-state index in [-0.39, 0.29) is 29.9 Å². The van der Waals surface area contributed by atoms with Crippen molar-refractivity contribution in [3.05, 3.63) is 65.9 Å². The van der Waals surface area contributed by atoms with E-state index in [4.69, 9.17) is 9.15 Å². The van der Waals surface area contributed by atoms with Crippen LogP contribution < -0.4 is 29.3 Å². The maximum Gasteiger partial charge on any atom is 0.291 e. The number of hydrogen-bond donors (Lipinski definition) is 1. The quantitative estimate of drug-likeness (QED) is 0.421. The van der Waals surface area contributed by atoms with Gasteiger partial charge in [-0.1, -0.05) is 30.3 Å². The number of amides is 1. The highest BCUT2D eigenvalue weighted by Gasteiger charge is 2.30. The highest BCUT2D eigenvalue weighted by atomic mass is 127. The lowest BCUT2D eigenvalue weighted by molar-refractivity contribution is -0.929. The number of benzene rings is 2. The fourth-order valence-electron chi connectivity index (χ4n) is 3.96. The van der Waals surface area contributed by atoms with Crippen LogP contribution in [0, 0.1) is 0 Å². The monoisotopic (exact) mass is 506 g/mol. The first-order valence-electron chi connectivity index (χ1n) is 9.80. The molecule has 1 saturated heterocycles. The summed E-state index contributed by atoms with van der Waals surface area (Å²) in [5.41, 5.74) is 2.75. The Morgan fingerprint density at radius 3 is 2.45 bits per heavy atom. The van der Waals surface area contributed by atoms with Gasteiger partial charge >= 0.3 is 0 Å². The molecule has 2 heterocycles. The molecule has 2 aromatic carbocycles. The zero-order chi connectivity index (χ0) is 19.6. The van der Waals surface area contributed by atoms with Crippen LogP contribution in [0.4, 0.5) is 5.69 Å². The van der Waals surface area contributed by atoms with Crippen LogP contribution >= 0.6 is 0 Å². The van der Waals surface area contributed by atoms with E-state index in [1.807, 2.05) is 36.4 Å². The molecule has 0 radical (unpaired) electrons. The van der Waals surface area contributed by atoms with Crippen LogP contribution in [0.2, 0.25) is 0 Å². The van der Waals surface area contributed by atoms with Crippen molar-refractivity contribution in [3.8, 4) is 0 Å². The second-order valence-corrected chi connectivity index (χ2v) is 8.08. The van der Waals surface area contributed by atoms with E-state index in [1.54, 1.807) is 6.07 Å². The minimum Gasteiger partial charge on any atom is -1.00 e. The molecule has 1 aliphatic rings. The van der Waals surface area contributed by atoms with Gasteiger partial charge in [0.25, 0.3) is 5.91 Å². The number of carbonyl (C=O) groups excluding carboxylic acids is 1. The van der Waals surface area contributed by atoms with E-state index in [0.717, 1.165) is 53.7 Å². The Balaban J connectivity index is 0.00000240. The zero-order valence-electron chi connectivity index (χ0n) is 16.9. The normalized spacial score (nSPS) is 15.1. The van der Waals surface area contributed by atoms with Crippen molar-refractivity contribution >= 4 is 22.6 Å². The van der Waals surface area contributed by atoms with Gasteiger partial charge in [0.1, 0.15) is 12.1 Å². The highest BCUT2D eigenvalue weighted by molar-refractivity contribution is 6.04. The number of nitrogens with zero attached hydrogens (tertiary/aromatic N) is 1. The molecular weight excluding hydrogens is 479 g/mol. The van der Waals surface area contributed by atoms with Gasteiger partial charge in [-0.15, -0.1) is 0 Å². The largest absolute Gasteiger partial charge is 1.00 e. The number of quaternary nitrogens is 1. The SMILES string of the molecule is C[N+](C)(Cc1ccc(NC(=O)c2cc3ccccc3o2)cc1)C1CCOCC1.[I-]. The Labute approximate surface area is 188 Å². The van der Waals surface area contributed by atoms with Crippen LogP contribution in [-0.2, 0) is 11.3 Å². The van der Waals surface area contributed by atoms with Gasteiger partial charge in [-0.25, -0.2) is 0 Å². The van der Waals surface area contributed by atoms with E-state index in [9.17, 15) is 4.79 Å². The number of para-hydroxylation sites is 1. The number of nitrogens with one attached hydrogen (secondary N) is 1. The van der Waals surface area contributed by atoms with Gasteiger partial charge in [-0.2, -0.15) is 0 Å². The predicted molar refractivity (Wildman–Crippen MR) is 110 cm³/mol. The number of furan rings is 1. The van der Waals surface area contributed by atoms with Crippen LogP contribution in [-0.4, -0.2) is 43.7 Å². The third-order valence-electron chi connectivity index (χ3n) is 5.63. The Bertz CT molecular complexity index is 927. The highest BCUT2D eigenvalue weighted by Crippen LogP contribution is 2.23. The van der Waals surface area contributed by atoms with Crippen LogP contribution in [0.25, 0.3) is 11.0 Å². The topological polar surface area (TPSA) is 51.5 Å². The number of fused-ring (bicyclic) bond motifs is 1. The van der Waals surface area contributed by atoms with Gasteiger partial charge < -0.3 is 42.9 Å². The van der Waals surface area contributed by atoms with E-state index in [0.29, 0.717) is 11.8 Å². The maximum atomic E-state index is 12.5. The molecule has 3 aromatic rings. The van der Waals surface area contributed by atoms with E-state index in [2.05, 4.69) is 31.5 Å². The second-order valence-electron chi connectivity index (χ2n) is 8.08. The number of rotatable bonds is 5. The summed E-state index contributed by atoms with van der Waals surface area (Å²) in [5.74, 6) is 0.0878. The summed E-state index contributed by atoms with van der Waals surface area (Å²) in [6.45, 7) is 2.68. The van der Waals surface area contributed by atoms with Crippen LogP contribution in [0.1, 0.15) is 29.0 Å². The molecule has 1 amide bonds. The van der Waals surface area contributed by atoms with Gasteiger partial charge in [0.2, 0.25) is 0 Å². The Morgan fingerprint density at radius 1 is 1.07 bits per heavy atom. The first kappa shape index (κ1) is 21.8. The van der Waals surface area contributed by atoms with Crippen molar-refractivity contribution in [3.63, 3.8) is 0 Å². The Morgan fingerprint density at radius 2 is 1.76 bits per heavy atom. The van der Waals surface area contributed by atoms with Gasteiger partial charge in [0.15, 0.2) is 5.76 Å². The summed E-state index contributed by atoms with van der Waals surface area (Å²) < 4.78 is 12.1. The van der Waals surface area contributed by atoms with E-state index >= 15 is 0 Å². The summed E-state index contributed by atoms with van der Waals surface area (Å²) in [6.07, 6.45) is 2.22. The summed E-state index contributed by atoms with van der Waals surface area (Å²) in [6, 6.07) is 18.1. The average Bonchev–Trinajstić information content (AvgIpc) is 3.14. The minimum absolute atomic E-state index is 0. The molecule has 0 atom stereocenters. The summed E-state index contributed by atoms with van der Waals surface area (Å²) in [7, 11) is 4.57. The van der Waals surface area contributed by atoms with Crippen LogP contribution in [0.3, 0.4) is 0 Å². The Hall–Kier alpha value is -1.90. The fourth-order valence-corrected chi connectivity index (χ4v) is 3.96. The molecule has 0 saturated carbocycles. The molecule has 4 rings (SSSR count). The van der Waals surface area contributed by atoms with Crippen molar-refractivity contribution < 1.29 is 42.4 Å². The molecule has 0 bridgehead atoms. The fraction of sp³-hybridized carbons (Fsp3) is 0.348. The lowest BCUT2D eigenvalue weighted by Crippen LogP contribution is -3.00. The molecule has 5 nitrogen and oxygen atoms in total. The molecule has 1 aliphatic heterocycles. The minimum atomic E-state index is -0.234. The number of carbonyl (C=O) groups is 1. The van der Waals surface area contributed by atoms with Crippen molar-refractivity contribution in [1.82, 2.24) is 0 Å². The lowest BCUT2D eigenvalue weighted by atomic mass is 10.0. The number of hydrogen-bond acceptors (Lipinski definition) is 3. The van der Waals surface area contributed by atoms with Crippen LogP contribution in [0.5, 0.6) is 0 Å². The first-order valence-corrected chi connectivity index (χ1v) is 9.80. The molecule has 1 aromatic heterocycles. The molecule has 0 unspecified atom stereocenters. The Kier molecular flexibility index (Phi) is 6.97. The smallest absolute Gasteiger partial charge is 0.291 e. The van der Waals surface area contributed by atoms with Gasteiger partial charge in [-0.3, -0.25) is 4.79 Å². The second kappa shape index (κ2) is 9.28. The molecule has 154 valence electrons. The molecule has 1 N–H and O–H groups in total. The zero-order valence-corrected chi connectivity index (χ0v) is 19.0. The van der Waals surface area contributed by atoms with E-state index in [1.165, 1.54) is 5.56 Å². The van der Waals surface area contributed by atoms with Gasteiger partial charge in [-0.05, 0) is 24.3 Å². The number of halogens is 1. The lowest BCUT2D eigenvalue weighted by Gasteiger charge is -2.40. The molecular formula is C23H27IN2O3. The molecule has 29 heavy (non-hydrogen) atoms. The van der Waals surface area contributed by atoms with Crippen molar-refractivity contribution in [2.45, 2.75) is 25.4 Å². The molecule has 6 heteroatoms. The first-order chi connectivity index (χ1) is 13.5. The molecule has 1 fully saturated rings. The summed E-state index contributed by atoms with van der Waals surface area (Å²) in [5, 5.41) is 3.85. The molecule has 0 spiro atoms.